The number of carbonyl (C=O) groups is 3. The van der Waals surface area contributed by atoms with Crippen LogP contribution >= 0.6 is 0 Å². The summed E-state index contributed by atoms with van der Waals surface area (Å²) in [4.78, 5) is 41.6. The fourth-order valence-electron chi connectivity index (χ4n) is 5.04. The highest BCUT2D eigenvalue weighted by Crippen LogP contribution is 2.36. The quantitative estimate of drug-likeness (QED) is 0.397. The summed E-state index contributed by atoms with van der Waals surface area (Å²) in [6.45, 7) is 6.36. The fraction of sp³-hybridized carbons (Fsp3) is 0.667. The van der Waals surface area contributed by atoms with Gasteiger partial charge in [-0.05, 0) is 82.6 Å². The van der Waals surface area contributed by atoms with Crippen LogP contribution in [0.1, 0.15) is 76.0 Å². The summed E-state index contributed by atoms with van der Waals surface area (Å²) < 4.78 is 84.1. The van der Waals surface area contributed by atoms with E-state index in [1.54, 1.807) is 25.7 Å². The second-order valence-corrected chi connectivity index (χ2v) is 11.3. The lowest BCUT2D eigenvalue weighted by molar-refractivity contribution is -0.143. The number of amides is 2. The van der Waals surface area contributed by atoms with Crippen molar-refractivity contribution in [1.82, 2.24) is 9.80 Å². The van der Waals surface area contributed by atoms with Gasteiger partial charge in [-0.1, -0.05) is 0 Å². The third kappa shape index (κ3) is 8.60. The Kier molecular flexibility index (Phi) is 9.27. The molecule has 0 radical (unpaired) electrons. The topological polar surface area (TPSA) is 66.9 Å². The number of carbonyl (C=O) groups excluding carboxylic acids is 3. The zero-order valence-electron chi connectivity index (χ0n) is 22.3. The third-order valence-electron chi connectivity index (χ3n) is 6.91. The molecule has 3 rings (SSSR count). The Balaban J connectivity index is 1.58. The van der Waals surface area contributed by atoms with Gasteiger partial charge in [0.2, 0.25) is 5.91 Å². The number of hydrogen-bond acceptors (Lipinski definition) is 4. The number of rotatable bonds is 5. The molecular formula is C27H34F6N2O4. The molecule has 1 aromatic rings. The summed E-state index contributed by atoms with van der Waals surface area (Å²) in [6, 6.07) is 0.566. The van der Waals surface area contributed by atoms with Gasteiger partial charge in [-0.2, -0.15) is 26.3 Å². The van der Waals surface area contributed by atoms with Crippen LogP contribution in [-0.2, 0) is 33.1 Å². The van der Waals surface area contributed by atoms with Crippen molar-refractivity contribution in [3.8, 4) is 0 Å². The number of alkyl halides is 6. The molecule has 1 aromatic carbocycles. The Morgan fingerprint density at radius 1 is 0.846 bits per heavy atom. The van der Waals surface area contributed by atoms with E-state index in [1.807, 2.05) is 0 Å². The third-order valence-corrected chi connectivity index (χ3v) is 6.91. The molecule has 2 saturated heterocycles. The molecule has 1 atom stereocenters. The molecule has 2 fully saturated rings. The van der Waals surface area contributed by atoms with Gasteiger partial charge in [-0.3, -0.25) is 14.5 Å². The van der Waals surface area contributed by atoms with Crippen LogP contribution in [0.5, 0.6) is 0 Å². The maximum Gasteiger partial charge on any atom is 0.416 e. The smallest absolute Gasteiger partial charge is 0.416 e. The van der Waals surface area contributed by atoms with E-state index >= 15 is 0 Å². The normalized spacial score (nSPS) is 19.7. The van der Waals surface area contributed by atoms with Crippen LogP contribution in [0.15, 0.2) is 18.2 Å². The van der Waals surface area contributed by atoms with Gasteiger partial charge < -0.3 is 9.64 Å². The molecule has 2 amide bonds. The molecule has 39 heavy (non-hydrogen) atoms. The predicted molar refractivity (Wildman–Crippen MR) is 130 cm³/mol. The number of hydrogen-bond donors (Lipinski definition) is 0. The molecule has 0 aromatic heterocycles. The molecule has 12 heteroatoms. The van der Waals surface area contributed by atoms with Crippen molar-refractivity contribution < 1.29 is 45.5 Å². The van der Waals surface area contributed by atoms with Crippen LogP contribution in [0, 0.1) is 5.92 Å². The van der Waals surface area contributed by atoms with Crippen LogP contribution < -0.4 is 0 Å². The van der Waals surface area contributed by atoms with Crippen LogP contribution in [0.3, 0.4) is 0 Å². The van der Waals surface area contributed by atoms with Crippen molar-refractivity contribution in [2.75, 3.05) is 19.6 Å². The fourth-order valence-corrected chi connectivity index (χ4v) is 5.04. The molecule has 0 N–H and O–H groups in total. The second kappa shape index (κ2) is 11.8. The number of benzene rings is 1. The highest BCUT2D eigenvalue weighted by Gasteiger charge is 2.39. The number of nitrogens with zero attached hydrogens (tertiary/aromatic N) is 2. The van der Waals surface area contributed by atoms with Gasteiger partial charge in [0.25, 0.3) is 0 Å². The molecular weight excluding hydrogens is 530 g/mol. The number of piperidine rings is 2. The van der Waals surface area contributed by atoms with Gasteiger partial charge >= 0.3 is 18.4 Å². The molecule has 6 nitrogen and oxygen atoms in total. The predicted octanol–water partition coefficient (Wildman–Crippen LogP) is 6.25. The lowest BCUT2D eigenvalue weighted by Gasteiger charge is -2.40. The summed E-state index contributed by atoms with van der Waals surface area (Å²) in [5.74, 6) is -0.799. The molecule has 0 spiro atoms. The number of ether oxygens (including phenoxy) is 1. The van der Waals surface area contributed by atoms with Crippen molar-refractivity contribution in [3.05, 3.63) is 34.9 Å². The number of Topliss-reactive ketones (excluding diaryl/α,β-unsaturated/α-hetero) is 1. The minimum atomic E-state index is -4.98. The molecule has 2 aliphatic rings. The lowest BCUT2D eigenvalue weighted by atomic mass is 9.89. The van der Waals surface area contributed by atoms with E-state index in [2.05, 4.69) is 0 Å². The monoisotopic (exact) mass is 564 g/mol. The Morgan fingerprint density at radius 2 is 1.41 bits per heavy atom. The van der Waals surface area contributed by atoms with E-state index in [9.17, 15) is 40.7 Å². The number of halogens is 6. The first-order valence-electron chi connectivity index (χ1n) is 13.0. The Morgan fingerprint density at radius 3 is 1.92 bits per heavy atom. The number of ketones is 1. The van der Waals surface area contributed by atoms with Crippen molar-refractivity contribution in [2.24, 2.45) is 5.92 Å². The molecule has 218 valence electrons. The van der Waals surface area contributed by atoms with Gasteiger partial charge in [0.15, 0.2) is 0 Å². The minimum absolute atomic E-state index is 0.00686. The van der Waals surface area contributed by atoms with E-state index in [-0.39, 0.29) is 29.9 Å². The van der Waals surface area contributed by atoms with Crippen LogP contribution in [0.2, 0.25) is 0 Å². The standard InChI is InChI=1S/C27H34F6N2O4/c1-25(2,3)39-24(38)35-9-5-4-6-22(35)23(37)34-10-7-17(8-11-34)14-21(36)15-18-12-19(26(28,29)30)16-20(13-18)27(31,32)33/h12-13,16-17,22H,4-11,14-15H2,1-3H3. The van der Waals surface area contributed by atoms with Crippen LogP contribution in [0.25, 0.3) is 0 Å². The first-order valence-corrected chi connectivity index (χ1v) is 13.0. The van der Waals surface area contributed by atoms with Gasteiger partial charge in [0.05, 0.1) is 11.1 Å². The average molecular weight is 565 g/mol. The Labute approximate surface area is 223 Å². The second-order valence-electron chi connectivity index (χ2n) is 11.3. The van der Waals surface area contributed by atoms with Gasteiger partial charge in [-0.15, -0.1) is 0 Å². The zero-order chi connectivity index (χ0) is 29.2. The zero-order valence-corrected chi connectivity index (χ0v) is 22.3. The van der Waals surface area contributed by atoms with Crippen molar-refractivity contribution >= 4 is 17.8 Å². The van der Waals surface area contributed by atoms with Crippen molar-refractivity contribution in [2.45, 2.75) is 89.7 Å². The van der Waals surface area contributed by atoms with Crippen molar-refractivity contribution in [3.63, 3.8) is 0 Å². The molecule has 2 aliphatic heterocycles. The molecule has 0 aliphatic carbocycles. The van der Waals surface area contributed by atoms with E-state index in [0.29, 0.717) is 51.0 Å². The summed E-state index contributed by atoms with van der Waals surface area (Å²) in [5.41, 5.74) is -3.94. The lowest BCUT2D eigenvalue weighted by Crippen LogP contribution is -2.55. The first kappa shape index (κ1) is 30.7. The molecule has 0 saturated carbocycles. The highest BCUT2D eigenvalue weighted by atomic mass is 19.4. The van der Waals surface area contributed by atoms with Gasteiger partial charge in [0.1, 0.15) is 17.4 Å². The highest BCUT2D eigenvalue weighted by molar-refractivity contribution is 5.86. The van der Waals surface area contributed by atoms with Crippen LogP contribution in [-0.4, -0.2) is 58.9 Å². The molecule has 0 bridgehead atoms. The van der Waals surface area contributed by atoms with E-state index < -0.39 is 53.4 Å². The Bertz CT molecular complexity index is 1020. The molecule has 2 heterocycles. The minimum Gasteiger partial charge on any atom is -0.444 e. The summed E-state index contributed by atoms with van der Waals surface area (Å²) in [7, 11) is 0. The SMILES string of the molecule is CC(C)(C)OC(=O)N1CCCCC1C(=O)N1CCC(CC(=O)Cc2cc(C(F)(F)F)cc(C(F)(F)F)c2)CC1. The molecule has 1 unspecified atom stereocenters. The summed E-state index contributed by atoms with van der Waals surface area (Å²) >= 11 is 0. The number of likely N-dealkylation sites (tertiary alicyclic amines) is 2. The van der Waals surface area contributed by atoms with Crippen LogP contribution in [0.4, 0.5) is 31.1 Å². The average Bonchev–Trinajstić information content (AvgIpc) is 2.81. The largest absolute Gasteiger partial charge is 0.444 e. The maximum absolute atomic E-state index is 13.3. The van der Waals surface area contributed by atoms with Gasteiger partial charge in [-0.25, -0.2) is 4.79 Å². The van der Waals surface area contributed by atoms with Gasteiger partial charge in [0, 0.05) is 32.5 Å². The van der Waals surface area contributed by atoms with E-state index in [1.165, 1.54) is 4.90 Å². The summed E-state index contributed by atoms with van der Waals surface area (Å²) in [5, 5.41) is 0. The van der Waals surface area contributed by atoms with E-state index in [0.717, 1.165) is 12.8 Å². The first-order chi connectivity index (χ1) is 17.9. The Hall–Kier alpha value is -2.79. The maximum atomic E-state index is 13.3. The van der Waals surface area contributed by atoms with Crippen molar-refractivity contribution in [1.29, 1.82) is 0 Å². The summed E-state index contributed by atoms with van der Waals surface area (Å²) in [6.07, 6.45) is -8.02. The van der Waals surface area contributed by atoms with E-state index in [4.69, 9.17) is 4.74 Å².